The summed E-state index contributed by atoms with van der Waals surface area (Å²) in [4.78, 5) is 12.7. The van der Waals surface area contributed by atoms with Crippen LogP contribution in [0.1, 0.15) is 18.4 Å². The van der Waals surface area contributed by atoms with Crippen LogP contribution in [0.15, 0.2) is 47.4 Å². The molecule has 0 spiro atoms. The minimum Gasteiger partial charge on any atom is -0.493 e. The van der Waals surface area contributed by atoms with Crippen LogP contribution in [0.5, 0.6) is 11.5 Å². The third-order valence-corrected chi connectivity index (χ3v) is 6.76. The van der Waals surface area contributed by atoms with Crippen LogP contribution in [-0.4, -0.2) is 45.4 Å². The molecule has 1 aliphatic rings. The number of hydrogen-bond donors (Lipinski definition) is 1. The van der Waals surface area contributed by atoms with Crippen LogP contribution in [0.3, 0.4) is 0 Å². The highest BCUT2D eigenvalue weighted by atomic mass is 32.2. The summed E-state index contributed by atoms with van der Waals surface area (Å²) in [7, 11) is -0.821. The summed E-state index contributed by atoms with van der Waals surface area (Å²) < 4.78 is 50.5. The summed E-state index contributed by atoms with van der Waals surface area (Å²) in [6.07, 6.45) is 1.01. The Hall–Kier alpha value is -2.65. The van der Waals surface area contributed by atoms with Gasteiger partial charge in [-0.3, -0.25) is 4.79 Å². The topological polar surface area (TPSA) is 84.9 Å². The molecule has 0 aromatic heterocycles. The summed E-state index contributed by atoms with van der Waals surface area (Å²) in [5.41, 5.74) is 0.793. The van der Waals surface area contributed by atoms with Gasteiger partial charge in [0.1, 0.15) is 11.9 Å². The first-order valence-corrected chi connectivity index (χ1v) is 10.6. The second-order valence-electron chi connectivity index (χ2n) is 6.63. The minimum atomic E-state index is -3.88. The second-order valence-corrected chi connectivity index (χ2v) is 8.53. The molecule has 1 aliphatic heterocycles. The van der Waals surface area contributed by atoms with Crippen molar-refractivity contribution < 1.29 is 27.1 Å². The summed E-state index contributed by atoms with van der Waals surface area (Å²) in [6.45, 7) is 0.467. The van der Waals surface area contributed by atoms with Gasteiger partial charge >= 0.3 is 0 Å². The van der Waals surface area contributed by atoms with Gasteiger partial charge in [-0.25, -0.2) is 12.8 Å². The van der Waals surface area contributed by atoms with Crippen molar-refractivity contribution in [1.29, 1.82) is 0 Å². The largest absolute Gasteiger partial charge is 0.493 e. The molecule has 0 radical (unpaired) electrons. The number of amides is 1. The van der Waals surface area contributed by atoms with E-state index in [2.05, 4.69) is 5.32 Å². The second kappa shape index (κ2) is 8.79. The average molecular weight is 422 g/mol. The van der Waals surface area contributed by atoms with E-state index in [1.165, 1.54) is 30.7 Å². The highest BCUT2D eigenvalue weighted by Crippen LogP contribution is 2.28. The molecular weight excluding hydrogens is 399 g/mol. The van der Waals surface area contributed by atoms with Crippen LogP contribution in [0, 0.1) is 5.82 Å². The molecule has 1 atom stereocenters. The molecule has 2 aromatic rings. The first-order chi connectivity index (χ1) is 13.9. The lowest BCUT2D eigenvalue weighted by molar-refractivity contribution is -0.124. The van der Waals surface area contributed by atoms with Crippen LogP contribution in [-0.2, 0) is 21.4 Å². The van der Waals surface area contributed by atoms with E-state index in [1.54, 1.807) is 18.2 Å². The van der Waals surface area contributed by atoms with Crippen molar-refractivity contribution in [3.8, 4) is 11.5 Å². The van der Waals surface area contributed by atoms with Crippen molar-refractivity contribution in [3.63, 3.8) is 0 Å². The summed E-state index contributed by atoms with van der Waals surface area (Å²) in [5.74, 6) is 0.230. The van der Waals surface area contributed by atoms with Gasteiger partial charge in [0.15, 0.2) is 11.5 Å². The zero-order chi connectivity index (χ0) is 21.0. The quantitative estimate of drug-likeness (QED) is 0.740. The zero-order valence-electron chi connectivity index (χ0n) is 16.2. The number of sulfonamides is 1. The van der Waals surface area contributed by atoms with E-state index in [9.17, 15) is 17.6 Å². The predicted octanol–water partition coefficient (Wildman–Crippen LogP) is 2.31. The molecule has 1 amide bonds. The first kappa shape index (κ1) is 21.1. The van der Waals surface area contributed by atoms with Gasteiger partial charge in [-0.1, -0.05) is 6.07 Å². The van der Waals surface area contributed by atoms with Gasteiger partial charge in [-0.2, -0.15) is 4.31 Å². The van der Waals surface area contributed by atoms with Gasteiger partial charge in [-0.15, -0.1) is 0 Å². The number of halogens is 1. The summed E-state index contributed by atoms with van der Waals surface area (Å²) >= 11 is 0. The lowest BCUT2D eigenvalue weighted by Crippen LogP contribution is -2.45. The third kappa shape index (κ3) is 4.51. The van der Waals surface area contributed by atoms with Gasteiger partial charge in [0, 0.05) is 13.1 Å². The van der Waals surface area contributed by atoms with Crippen molar-refractivity contribution in [2.24, 2.45) is 0 Å². The number of nitrogens with one attached hydrogen (secondary N) is 1. The van der Waals surface area contributed by atoms with Gasteiger partial charge < -0.3 is 14.8 Å². The molecule has 7 nitrogen and oxygen atoms in total. The zero-order valence-corrected chi connectivity index (χ0v) is 17.0. The van der Waals surface area contributed by atoms with E-state index >= 15 is 0 Å². The Labute approximate surface area is 169 Å². The van der Waals surface area contributed by atoms with Crippen molar-refractivity contribution in [3.05, 3.63) is 53.8 Å². The maximum Gasteiger partial charge on any atom is 0.243 e. The molecule has 29 heavy (non-hydrogen) atoms. The van der Waals surface area contributed by atoms with E-state index in [4.69, 9.17) is 9.47 Å². The molecule has 1 saturated heterocycles. The first-order valence-electron chi connectivity index (χ1n) is 9.13. The van der Waals surface area contributed by atoms with E-state index in [1.807, 2.05) is 0 Å². The maximum absolute atomic E-state index is 13.1. The Kier molecular flexibility index (Phi) is 6.39. The van der Waals surface area contributed by atoms with Crippen molar-refractivity contribution >= 4 is 15.9 Å². The molecule has 156 valence electrons. The lowest BCUT2D eigenvalue weighted by Gasteiger charge is -2.23. The third-order valence-electron chi connectivity index (χ3n) is 4.84. The van der Waals surface area contributed by atoms with Gasteiger partial charge in [0.2, 0.25) is 15.9 Å². The molecular formula is C20H23FN2O5S. The average Bonchev–Trinajstić information content (AvgIpc) is 3.23. The number of hydrogen-bond acceptors (Lipinski definition) is 5. The number of nitrogens with zero attached hydrogens (tertiary/aromatic N) is 1. The molecule has 1 fully saturated rings. The van der Waals surface area contributed by atoms with Crippen LogP contribution in [0.25, 0.3) is 0 Å². The number of ether oxygens (including phenoxy) is 2. The van der Waals surface area contributed by atoms with Crippen LogP contribution in [0.4, 0.5) is 4.39 Å². The predicted molar refractivity (Wildman–Crippen MR) is 105 cm³/mol. The standard InChI is InChI=1S/C20H23FN2O5S/c1-27-18-10-5-14(12-19(18)28-2)13-22-20(24)17-4-3-11-23(17)29(25,26)16-8-6-15(21)7-9-16/h5-10,12,17H,3-4,11,13H2,1-2H3,(H,22,24)/t17-/m1/s1. The normalized spacial score (nSPS) is 17.1. The fourth-order valence-electron chi connectivity index (χ4n) is 3.33. The number of rotatable bonds is 7. The molecule has 1 N–H and O–H groups in total. The van der Waals surface area contributed by atoms with Gasteiger partial charge in [-0.05, 0) is 54.8 Å². The Morgan fingerprint density at radius 2 is 1.83 bits per heavy atom. The fourth-order valence-corrected chi connectivity index (χ4v) is 4.99. The highest BCUT2D eigenvalue weighted by molar-refractivity contribution is 7.89. The number of methoxy groups -OCH3 is 2. The molecule has 0 aliphatic carbocycles. The molecule has 0 saturated carbocycles. The van der Waals surface area contributed by atoms with Crippen molar-refractivity contribution in [2.45, 2.75) is 30.3 Å². The van der Waals surface area contributed by atoms with Gasteiger partial charge in [0.25, 0.3) is 0 Å². The highest BCUT2D eigenvalue weighted by Gasteiger charge is 2.39. The van der Waals surface area contributed by atoms with E-state index in [0.29, 0.717) is 24.3 Å². The summed E-state index contributed by atoms with van der Waals surface area (Å²) in [6, 6.07) is 9.09. The Morgan fingerprint density at radius 1 is 1.14 bits per heavy atom. The van der Waals surface area contributed by atoms with E-state index in [0.717, 1.165) is 17.7 Å². The molecule has 9 heteroatoms. The van der Waals surface area contributed by atoms with Crippen molar-refractivity contribution in [1.82, 2.24) is 9.62 Å². The molecule has 0 unspecified atom stereocenters. The number of carbonyl (C=O) groups is 1. The van der Waals surface area contributed by atoms with Crippen molar-refractivity contribution in [2.75, 3.05) is 20.8 Å². The SMILES string of the molecule is COc1ccc(CNC(=O)[C@H]2CCCN2S(=O)(=O)c2ccc(F)cc2)cc1OC. The summed E-state index contributed by atoms with van der Waals surface area (Å²) in [5, 5.41) is 2.79. The monoisotopic (exact) mass is 422 g/mol. The molecule has 3 rings (SSSR count). The Bertz CT molecular complexity index is 979. The van der Waals surface area contributed by atoms with Crippen LogP contribution in [0.2, 0.25) is 0 Å². The Morgan fingerprint density at radius 3 is 2.48 bits per heavy atom. The van der Waals surface area contributed by atoms with Gasteiger partial charge in [0.05, 0.1) is 19.1 Å². The Balaban J connectivity index is 1.71. The molecule has 0 bridgehead atoms. The van der Waals surface area contributed by atoms with Crippen LogP contribution >= 0.6 is 0 Å². The smallest absolute Gasteiger partial charge is 0.243 e. The van der Waals surface area contributed by atoms with E-state index < -0.39 is 21.9 Å². The molecule has 2 aromatic carbocycles. The number of benzene rings is 2. The lowest BCUT2D eigenvalue weighted by atomic mass is 10.1. The fraction of sp³-hybridized carbons (Fsp3) is 0.350. The van der Waals surface area contributed by atoms with Crippen LogP contribution < -0.4 is 14.8 Å². The van der Waals surface area contributed by atoms with E-state index in [-0.39, 0.29) is 23.9 Å². The molecule has 1 heterocycles. The number of carbonyl (C=O) groups excluding carboxylic acids is 1. The minimum absolute atomic E-state index is 0.0292. The maximum atomic E-state index is 13.1.